The molecule has 23 heavy (non-hydrogen) atoms. The number of carbonyl (C=O) groups excluding carboxylic acids is 2. The third kappa shape index (κ3) is 3.70. The SMILES string of the molecule is CN1N=C(C(=O)NCC2CCOc3ccccc3C2)CCC1=O. The molecule has 2 aliphatic heterocycles. The third-order valence-electron chi connectivity index (χ3n) is 4.29. The van der Waals surface area contributed by atoms with Crippen LogP contribution in [-0.4, -0.2) is 42.7 Å². The molecule has 1 aromatic rings. The van der Waals surface area contributed by atoms with E-state index < -0.39 is 0 Å². The van der Waals surface area contributed by atoms with Gasteiger partial charge in [0.05, 0.1) is 6.61 Å². The van der Waals surface area contributed by atoms with Gasteiger partial charge in [0.15, 0.2) is 0 Å². The number of amides is 2. The minimum Gasteiger partial charge on any atom is -0.493 e. The van der Waals surface area contributed by atoms with Crippen LogP contribution < -0.4 is 10.1 Å². The van der Waals surface area contributed by atoms with E-state index in [1.165, 1.54) is 10.6 Å². The summed E-state index contributed by atoms with van der Waals surface area (Å²) in [5.74, 6) is 1.05. The highest BCUT2D eigenvalue weighted by Gasteiger charge is 2.23. The van der Waals surface area contributed by atoms with E-state index in [0.717, 1.165) is 18.6 Å². The molecule has 2 heterocycles. The molecule has 6 nitrogen and oxygen atoms in total. The first-order valence-electron chi connectivity index (χ1n) is 7.96. The smallest absolute Gasteiger partial charge is 0.267 e. The molecule has 3 rings (SSSR count). The van der Waals surface area contributed by atoms with Crippen molar-refractivity contribution in [3.63, 3.8) is 0 Å². The number of fused-ring (bicyclic) bond motifs is 1. The Morgan fingerprint density at radius 2 is 2.22 bits per heavy atom. The van der Waals surface area contributed by atoms with Crippen molar-refractivity contribution in [1.29, 1.82) is 0 Å². The number of nitrogens with zero attached hydrogens (tertiary/aromatic N) is 2. The maximum absolute atomic E-state index is 12.2. The van der Waals surface area contributed by atoms with Gasteiger partial charge < -0.3 is 10.1 Å². The molecule has 1 aromatic carbocycles. The number of hydrogen-bond donors (Lipinski definition) is 1. The summed E-state index contributed by atoms with van der Waals surface area (Å²) in [6.45, 7) is 1.25. The number of carbonyl (C=O) groups is 2. The summed E-state index contributed by atoms with van der Waals surface area (Å²) in [6, 6.07) is 8.04. The van der Waals surface area contributed by atoms with Gasteiger partial charge in [-0.1, -0.05) is 18.2 Å². The van der Waals surface area contributed by atoms with E-state index in [0.29, 0.717) is 37.6 Å². The number of para-hydroxylation sites is 1. The molecule has 0 spiro atoms. The molecule has 6 heteroatoms. The van der Waals surface area contributed by atoms with Crippen LogP contribution in [0.5, 0.6) is 5.75 Å². The second-order valence-corrected chi connectivity index (χ2v) is 5.99. The van der Waals surface area contributed by atoms with Crippen LogP contribution in [0.25, 0.3) is 0 Å². The standard InChI is InChI=1S/C17H21N3O3/c1-20-16(21)7-6-14(19-20)17(22)18-11-12-8-9-23-15-5-3-2-4-13(15)10-12/h2-5,12H,6-11H2,1H3,(H,18,22). The molecule has 0 saturated carbocycles. The van der Waals surface area contributed by atoms with E-state index in [9.17, 15) is 9.59 Å². The maximum Gasteiger partial charge on any atom is 0.267 e. The van der Waals surface area contributed by atoms with Gasteiger partial charge >= 0.3 is 0 Å². The monoisotopic (exact) mass is 315 g/mol. The van der Waals surface area contributed by atoms with Gasteiger partial charge in [-0.15, -0.1) is 0 Å². The predicted octanol–water partition coefficient (Wildman–Crippen LogP) is 1.35. The van der Waals surface area contributed by atoms with Crippen molar-refractivity contribution in [3.05, 3.63) is 29.8 Å². The van der Waals surface area contributed by atoms with Gasteiger partial charge in [-0.3, -0.25) is 9.59 Å². The van der Waals surface area contributed by atoms with Crippen LogP contribution in [0.3, 0.4) is 0 Å². The van der Waals surface area contributed by atoms with Crippen molar-refractivity contribution >= 4 is 17.5 Å². The Balaban J connectivity index is 1.57. The summed E-state index contributed by atoms with van der Waals surface area (Å²) in [5.41, 5.74) is 1.61. The zero-order valence-electron chi connectivity index (χ0n) is 13.2. The van der Waals surface area contributed by atoms with Crippen molar-refractivity contribution < 1.29 is 14.3 Å². The second-order valence-electron chi connectivity index (χ2n) is 5.99. The third-order valence-corrected chi connectivity index (χ3v) is 4.29. The Hall–Kier alpha value is -2.37. The molecule has 0 aliphatic carbocycles. The molecule has 2 aliphatic rings. The quantitative estimate of drug-likeness (QED) is 0.915. The Morgan fingerprint density at radius 3 is 3.04 bits per heavy atom. The number of hydrazone groups is 1. The molecular formula is C17H21N3O3. The van der Waals surface area contributed by atoms with Gasteiger partial charge in [0.25, 0.3) is 5.91 Å². The van der Waals surface area contributed by atoms with Crippen molar-refractivity contribution in [2.75, 3.05) is 20.2 Å². The van der Waals surface area contributed by atoms with Crippen LogP contribution >= 0.6 is 0 Å². The second kappa shape index (κ2) is 6.81. The molecule has 1 N–H and O–H groups in total. The molecule has 2 amide bonds. The summed E-state index contributed by atoms with van der Waals surface area (Å²) in [6.07, 6.45) is 2.54. The van der Waals surface area contributed by atoms with Crippen molar-refractivity contribution in [3.8, 4) is 5.75 Å². The van der Waals surface area contributed by atoms with Crippen LogP contribution in [0, 0.1) is 5.92 Å². The zero-order chi connectivity index (χ0) is 16.2. The molecule has 1 unspecified atom stereocenters. The normalized spacial score (nSPS) is 20.9. The van der Waals surface area contributed by atoms with Crippen molar-refractivity contribution in [2.45, 2.75) is 25.7 Å². The van der Waals surface area contributed by atoms with E-state index in [2.05, 4.69) is 16.5 Å². The van der Waals surface area contributed by atoms with Crippen LogP contribution in [0.2, 0.25) is 0 Å². The van der Waals surface area contributed by atoms with E-state index in [-0.39, 0.29) is 11.8 Å². The number of nitrogens with one attached hydrogen (secondary N) is 1. The Morgan fingerprint density at radius 1 is 1.39 bits per heavy atom. The van der Waals surface area contributed by atoms with E-state index in [1.807, 2.05) is 18.2 Å². The Labute approximate surface area is 135 Å². The first-order valence-corrected chi connectivity index (χ1v) is 7.96. The first kappa shape index (κ1) is 15.5. The lowest BCUT2D eigenvalue weighted by Gasteiger charge is -2.20. The highest BCUT2D eigenvalue weighted by Crippen LogP contribution is 2.26. The number of benzene rings is 1. The van der Waals surface area contributed by atoms with E-state index in [4.69, 9.17) is 4.74 Å². The molecule has 0 aromatic heterocycles. The fourth-order valence-corrected chi connectivity index (χ4v) is 2.91. The molecular weight excluding hydrogens is 294 g/mol. The Bertz CT molecular complexity index is 642. The molecule has 0 saturated heterocycles. The summed E-state index contributed by atoms with van der Waals surface area (Å²) in [4.78, 5) is 23.6. The Kier molecular flexibility index (Phi) is 4.60. The lowest BCUT2D eigenvalue weighted by atomic mass is 9.97. The molecule has 0 radical (unpaired) electrons. The average molecular weight is 315 g/mol. The van der Waals surface area contributed by atoms with Crippen LogP contribution in [0.1, 0.15) is 24.8 Å². The molecule has 122 valence electrons. The van der Waals surface area contributed by atoms with Crippen molar-refractivity contribution in [2.24, 2.45) is 11.0 Å². The fourth-order valence-electron chi connectivity index (χ4n) is 2.91. The van der Waals surface area contributed by atoms with Crippen molar-refractivity contribution in [1.82, 2.24) is 10.3 Å². The summed E-state index contributed by atoms with van der Waals surface area (Å²) in [7, 11) is 1.58. The fraction of sp³-hybridized carbons (Fsp3) is 0.471. The number of rotatable bonds is 3. The van der Waals surface area contributed by atoms with Gasteiger partial charge in [-0.25, -0.2) is 5.01 Å². The highest BCUT2D eigenvalue weighted by molar-refractivity contribution is 6.39. The molecule has 0 fully saturated rings. The van der Waals surface area contributed by atoms with E-state index in [1.54, 1.807) is 7.05 Å². The summed E-state index contributed by atoms with van der Waals surface area (Å²) >= 11 is 0. The molecule has 0 bridgehead atoms. The number of hydrogen-bond acceptors (Lipinski definition) is 4. The highest BCUT2D eigenvalue weighted by atomic mass is 16.5. The topological polar surface area (TPSA) is 71.0 Å². The lowest BCUT2D eigenvalue weighted by Crippen LogP contribution is -2.39. The van der Waals surface area contributed by atoms with E-state index >= 15 is 0 Å². The van der Waals surface area contributed by atoms with Gasteiger partial charge in [-0.05, 0) is 30.4 Å². The minimum atomic E-state index is -0.178. The van der Waals surface area contributed by atoms with Gasteiger partial charge in [-0.2, -0.15) is 5.10 Å². The molecule has 1 atom stereocenters. The first-order chi connectivity index (χ1) is 11.1. The lowest BCUT2D eigenvalue weighted by molar-refractivity contribution is -0.130. The summed E-state index contributed by atoms with van der Waals surface area (Å²) < 4.78 is 5.75. The number of ether oxygens (including phenoxy) is 1. The minimum absolute atomic E-state index is 0.0564. The maximum atomic E-state index is 12.2. The largest absolute Gasteiger partial charge is 0.493 e. The van der Waals surface area contributed by atoms with Gasteiger partial charge in [0, 0.05) is 26.4 Å². The average Bonchev–Trinajstić information content (AvgIpc) is 2.77. The van der Waals surface area contributed by atoms with Crippen LogP contribution in [0.15, 0.2) is 29.4 Å². The van der Waals surface area contributed by atoms with Gasteiger partial charge in [0.1, 0.15) is 11.5 Å². The zero-order valence-corrected chi connectivity index (χ0v) is 13.2. The van der Waals surface area contributed by atoms with Gasteiger partial charge in [0.2, 0.25) is 5.91 Å². The summed E-state index contributed by atoms with van der Waals surface area (Å²) in [5, 5.41) is 8.24. The van der Waals surface area contributed by atoms with Crippen LogP contribution in [-0.2, 0) is 16.0 Å². The van der Waals surface area contributed by atoms with Crippen LogP contribution in [0.4, 0.5) is 0 Å². The predicted molar refractivity (Wildman–Crippen MR) is 86.2 cm³/mol.